The molecule has 0 unspecified atom stereocenters. The molecule has 2 aliphatic heterocycles. The smallest absolute Gasteiger partial charge is 0.261 e. The highest BCUT2D eigenvalue weighted by Gasteiger charge is 2.35. The number of hydrogen-bond acceptors (Lipinski definition) is 5. The molecule has 0 aliphatic carbocycles. The summed E-state index contributed by atoms with van der Waals surface area (Å²) in [6, 6.07) is 11.4. The van der Waals surface area contributed by atoms with Gasteiger partial charge < -0.3 is 4.90 Å². The van der Waals surface area contributed by atoms with Crippen LogP contribution in [0.3, 0.4) is 0 Å². The minimum absolute atomic E-state index is 0.0146. The fourth-order valence-electron chi connectivity index (χ4n) is 3.91. The molecule has 2 heterocycles. The third-order valence-electron chi connectivity index (χ3n) is 5.60. The van der Waals surface area contributed by atoms with Gasteiger partial charge in [-0.25, -0.2) is 8.42 Å². The zero-order valence-corrected chi connectivity index (χ0v) is 19.0. The third-order valence-corrected chi connectivity index (χ3v) is 8.47. The molecular weight excluding hydrogens is 461 g/mol. The van der Waals surface area contributed by atoms with Crippen LogP contribution < -0.4 is 0 Å². The fraction of sp³-hybridized carbons (Fsp3) is 0.333. The van der Waals surface area contributed by atoms with E-state index in [1.807, 2.05) is 0 Å². The number of imide groups is 1. The predicted octanol–water partition coefficient (Wildman–Crippen LogP) is 2.99. The average Bonchev–Trinajstić information content (AvgIpc) is 3.01. The maximum atomic E-state index is 12.9. The summed E-state index contributed by atoms with van der Waals surface area (Å²) in [5, 5.41) is 0.238. The minimum atomic E-state index is -3.72. The van der Waals surface area contributed by atoms with Gasteiger partial charge in [-0.2, -0.15) is 4.31 Å². The molecule has 2 aromatic carbocycles. The molecule has 164 valence electrons. The normalized spacial score (nSPS) is 17.9. The zero-order chi connectivity index (χ0) is 22.2. The van der Waals surface area contributed by atoms with Crippen LogP contribution in [0.2, 0.25) is 10.0 Å². The van der Waals surface area contributed by atoms with Gasteiger partial charge >= 0.3 is 0 Å². The topological polar surface area (TPSA) is 78.0 Å². The Hall–Kier alpha value is -1.97. The van der Waals surface area contributed by atoms with Crippen molar-refractivity contribution in [3.8, 4) is 0 Å². The quantitative estimate of drug-likeness (QED) is 0.592. The van der Waals surface area contributed by atoms with E-state index in [0.29, 0.717) is 56.8 Å². The number of carbonyl (C=O) groups excluding carboxylic acids is 2. The Kier molecular flexibility index (Phi) is 6.37. The molecule has 0 atom stereocenters. The van der Waals surface area contributed by atoms with E-state index in [0.717, 1.165) is 0 Å². The molecule has 0 bridgehead atoms. The lowest BCUT2D eigenvalue weighted by molar-refractivity contribution is 0.0644. The second kappa shape index (κ2) is 8.88. The van der Waals surface area contributed by atoms with Gasteiger partial charge in [-0.1, -0.05) is 41.4 Å². The van der Waals surface area contributed by atoms with E-state index in [1.54, 1.807) is 36.4 Å². The van der Waals surface area contributed by atoms with Crippen molar-refractivity contribution in [3.05, 3.63) is 63.6 Å². The van der Waals surface area contributed by atoms with Crippen molar-refractivity contribution in [3.63, 3.8) is 0 Å². The standard InChI is InChI=1S/C21H21Cl2N3O4S/c22-17-7-3-8-18(19(17)23)31(29,30)25-13-11-24(12-14-25)9-4-10-26-20(27)15-5-1-2-6-16(15)21(26)28/h1-3,5-8H,4,9-14H2. The van der Waals surface area contributed by atoms with E-state index in [2.05, 4.69) is 4.90 Å². The molecule has 7 nitrogen and oxygen atoms in total. The summed E-state index contributed by atoms with van der Waals surface area (Å²) in [6.45, 7) is 2.78. The summed E-state index contributed by atoms with van der Waals surface area (Å²) in [5.74, 6) is -0.509. The van der Waals surface area contributed by atoms with E-state index in [4.69, 9.17) is 23.2 Å². The summed E-state index contributed by atoms with van der Waals surface area (Å²) in [5.41, 5.74) is 0.900. The van der Waals surface area contributed by atoms with Gasteiger partial charge in [-0.05, 0) is 37.2 Å². The van der Waals surface area contributed by atoms with E-state index >= 15 is 0 Å². The van der Waals surface area contributed by atoms with Crippen LogP contribution in [0, 0.1) is 0 Å². The van der Waals surface area contributed by atoms with Crippen molar-refractivity contribution in [2.45, 2.75) is 11.3 Å². The van der Waals surface area contributed by atoms with Gasteiger partial charge in [-0.3, -0.25) is 14.5 Å². The molecule has 31 heavy (non-hydrogen) atoms. The van der Waals surface area contributed by atoms with Crippen molar-refractivity contribution in [1.82, 2.24) is 14.1 Å². The summed E-state index contributed by atoms with van der Waals surface area (Å²) in [6.07, 6.45) is 0.623. The van der Waals surface area contributed by atoms with E-state index in [9.17, 15) is 18.0 Å². The van der Waals surface area contributed by atoms with Gasteiger partial charge in [-0.15, -0.1) is 0 Å². The van der Waals surface area contributed by atoms with Crippen LogP contribution in [0.4, 0.5) is 0 Å². The number of rotatable bonds is 6. The van der Waals surface area contributed by atoms with E-state index < -0.39 is 10.0 Å². The summed E-state index contributed by atoms with van der Waals surface area (Å²) in [7, 11) is -3.72. The molecule has 2 aromatic rings. The van der Waals surface area contributed by atoms with Crippen LogP contribution in [-0.4, -0.2) is 73.6 Å². The molecule has 0 aromatic heterocycles. The predicted molar refractivity (Wildman–Crippen MR) is 118 cm³/mol. The molecule has 0 radical (unpaired) electrons. The minimum Gasteiger partial charge on any atom is -0.301 e. The first kappa shape index (κ1) is 22.2. The number of fused-ring (bicyclic) bond motifs is 1. The van der Waals surface area contributed by atoms with Crippen molar-refractivity contribution in [2.75, 3.05) is 39.3 Å². The van der Waals surface area contributed by atoms with Gasteiger partial charge in [0.15, 0.2) is 0 Å². The number of halogens is 2. The molecule has 2 amide bonds. The van der Waals surface area contributed by atoms with Crippen molar-refractivity contribution >= 4 is 45.0 Å². The average molecular weight is 482 g/mol. The SMILES string of the molecule is O=C1c2ccccc2C(=O)N1CCCN1CCN(S(=O)(=O)c2cccc(Cl)c2Cl)CC1. The summed E-state index contributed by atoms with van der Waals surface area (Å²) < 4.78 is 27.2. The van der Waals surface area contributed by atoms with Crippen molar-refractivity contribution < 1.29 is 18.0 Å². The number of benzene rings is 2. The molecule has 10 heteroatoms. The lowest BCUT2D eigenvalue weighted by Crippen LogP contribution is -2.49. The Morgan fingerprint density at radius 2 is 1.42 bits per heavy atom. The summed E-state index contributed by atoms with van der Waals surface area (Å²) >= 11 is 12.1. The Morgan fingerprint density at radius 3 is 2.03 bits per heavy atom. The van der Waals surface area contributed by atoms with Gasteiger partial charge in [0.2, 0.25) is 10.0 Å². The van der Waals surface area contributed by atoms with Crippen LogP contribution in [0.15, 0.2) is 47.4 Å². The molecule has 2 aliphatic rings. The van der Waals surface area contributed by atoms with E-state index in [1.165, 1.54) is 15.3 Å². The fourth-order valence-corrected chi connectivity index (χ4v) is 6.07. The third kappa shape index (κ3) is 4.23. The Morgan fingerprint density at radius 1 is 0.806 bits per heavy atom. The maximum Gasteiger partial charge on any atom is 0.261 e. The maximum absolute atomic E-state index is 12.9. The number of amides is 2. The van der Waals surface area contributed by atoms with Crippen LogP contribution >= 0.6 is 23.2 Å². The molecule has 4 rings (SSSR count). The molecule has 1 fully saturated rings. The van der Waals surface area contributed by atoms with Gasteiger partial charge in [0.1, 0.15) is 4.90 Å². The number of sulfonamides is 1. The number of piperazine rings is 1. The molecule has 0 N–H and O–H groups in total. The first-order valence-electron chi connectivity index (χ1n) is 9.92. The highest BCUT2D eigenvalue weighted by Crippen LogP contribution is 2.31. The lowest BCUT2D eigenvalue weighted by Gasteiger charge is -2.34. The zero-order valence-electron chi connectivity index (χ0n) is 16.6. The Bertz CT molecular complexity index is 1100. The monoisotopic (exact) mass is 481 g/mol. The number of carbonyl (C=O) groups is 2. The van der Waals surface area contributed by atoms with Crippen LogP contribution in [0.1, 0.15) is 27.1 Å². The van der Waals surface area contributed by atoms with Crippen LogP contribution in [-0.2, 0) is 10.0 Å². The van der Waals surface area contributed by atoms with Gasteiger partial charge in [0, 0.05) is 32.7 Å². The summed E-state index contributed by atoms with van der Waals surface area (Å²) in [4.78, 5) is 28.3. The Balaban J connectivity index is 1.30. The van der Waals surface area contributed by atoms with Crippen molar-refractivity contribution in [2.24, 2.45) is 0 Å². The van der Waals surface area contributed by atoms with Gasteiger partial charge in [0.05, 0.1) is 21.2 Å². The Labute approximate surface area is 191 Å². The number of nitrogens with zero attached hydrogens (tertiary/aromatic N) is 3. The first-order valence-corrected chi connectivity index (χ1v) is 12.1. The van der Waals surface area contributed by atoms with Crippen LogP contribution in [0.25, 0.3) is 0 Å². The second-order valence-electron chi connectivity index (χ2n) is 7.46. The molecule has 0 spiro atoms. The van der Waals surface area contributed by atoms with Gasteiger partial charge in [0.25, 0.3) is 11.8 Å². The second-order valence-corrected chi connectivity index (χ2v) is 10.2. The highest BCUT2D eigenvalue weighted by atomic mass is 35.5. The largest absolute Gasteiger partial charge is 0.301 e. The lowest BCUT2D eigenvalue weighted by atomic mass is 10.1. The van der Waals surface area contributed by atoms with Crippen LogP contribution in [0.5, 0.6) is 0 Å². The molecular formula is C21H21Cl2N3O4S. The molecule has 1 saturated heterocycles. The van der Waals surface area contributed by atoms with E-state index in [-0.39, 0.29) is 26.8 Å². The number of hydrogen-bond donors (Lipinski definition) is 0. The highest BCUT2D eigenvalue weighted by molar-refractivity contribution is 7.89. The van der Waals surface area contributed by atoms with Crippen molar-refractivity contribution in [1.29, 1.82) is 0 Å². The first-order chi connectivity index (χ1) is 14.8. The molecule has 0 saturated carbocycles.